The number of carbonyl (C=O) groups excluding carboxylic acids is 1. The van der Waals surface area contributed by atoms with Gasteiger partial charge in [-0.25, -0.2) is 4.21 Å². The van der Waals surface area contributed by atoms with Gasteiger partial charge < -0.3 is 14.0 Å². The lowest BCUT2D eigenvalue weighted by Crippen LogP contribution is -2.51. The van der Waals surface area contributed by atoms with Crippen molar-refractivity contribution in [2.24, 2.45) is 5.92 Å². The van der Waals surface area contributed by atoms with Crippen molar-refractivity contribution in [3.8, 4) is 11.5 Å². The molecule has 2 aromatic carbocycles. The van der Waals surface area contributed by atoms with Crippen LogP contribution in [0.15, 0.2) is 35.2 Å². The molecule has 3 aliphatic rings. The van der Waals surface area contributed by atoms with Gasteiger partial charge in [-0.2, -0.15) is 0 Å². The van der Waals surface area contributed by atoms with Crippen LogP contribution in [0.1, 0.15) is 47.7 Å². The van der Waals surface area contributed by atoms with Crippen LogP contribution in [-0.4, -0.2) is 51.2 Å². The maximum absolute atomic E-state index is 13.1. The lowest BCUT2D eigenvalue weighted by atomic mass is 9.74. The lowest BCUT2D eigenvalue weighted by molar-refractivity contribution is 0.0583. The first-order valence-electron chi connectivity index (χ1n) is 11.3. The molecule has 0 bridgehead atoms. The van der Waals surface area contributed by atoms with Crippen LogP contribution in [0.2, 0.25) is 5.02 Å². The van der Waals surface area contributed by atoms with Crippen LogP contribution in [0.4, 0.5) is 0 Å². The average molecular weight is 492 g/mol. The Balaban J connectivity index is 0.000000200. The van der Waals surface area contributed by atoms with Crippen LogP contribution in [0.5, 0.6) is 11.5 Å². The Labute approximate surface area is 200 Å². The van der Waals surface area contributed by atoms with Crippen LogP contribution in [-0.2, 0) is 16.2 Å². The SMILES string of the molecule is C=S(=O)(O)c1ccc(C)cc1.CCCN1CCC[C@@H]2C(=O)c3c(c(Cl)cc4c3OCO4)C[C@H]21. The zero-order valence-corrected chi connectivity index (χ0v) is 20.6. The van der Waals surface area contributed by atoms with E-state index in [0.717, 1.165) is 49.9 Å². The van der Waals surface area contributed by atoms with E-state index in [-0.39, 0.29) is 24.5 Å². The van der Waals surface area contributed by atoms with Crippen molar-refractivity contribution in [2.75, 3.05) is 19.9 Å². The first-order valence-corrected chi connectivity index (χ1v) is 13.3. The molecule has 8 heteroatoms. The van der Waals surface area contributed by atoms with E-state index < -0.39 is 9.80 Å². The average Bonchev–Trinajstić information content (AvgIpc) is 3.23. The predicted octanol–water partition coefficient (Wildman–Crippen LogP) is 4.84. The summed E-state index contributed by atoms with van der Waals surface area (Å²) in [6.07, 6.45) is 3.99. The van der Waals surface area contributed by atoms with Crippen molar-refractivity contribution in [3.05, 3.63) is 52.0 Å². The summed E-state index contributed by atoms with van der Waals surface area (Å²) in [5.74, 6) is 4.63. The molecule has 33 heavy (non-hydrogen) atoms. The number of nitrogens with zero attached hydrogens (tertiary/aromatic N) is 1. The first-order chi connectivity index (χ1) is 15.7. The zero-order chi connectivity index (χ0) is 23.8. The molecule has 2 heterocycles. The fraction of sp³-hybridized carbons (Fsp3) is 0.440. The number of aryl methyl sites for hydroxylation is 1. The minimum atomic E-state index is -3.02. The molecule has 0 spiro atoms. The fourth-order valence-electron chi connectivity index (χ4n) is 4.92. The molecule has 0 amide bonds. The van der Waals surface area contributed by atoms with Gasteiger partial charge in [0.1, 0.15) is 9.80 Å². The second-order valence-corrected chi connectivity index (χ2v) is 11.0. The standard InChI is InChI=1S/C17H20ClNO3.C8H10O2S/c1-2-5-19-6-3-4-10-13(19)7-11-12(18)8-14-17(22-9-21-14)15(11)16(10)20;1-7-3-5-8(6-4-7)11(2,9)10/h8,10,13H,2-7,9H2,1H3;3-6H,2H2,1H3,(H,9,10)/t10-,13+;/m0./s1. The summed E-state index contributed by atoms with van der Waals surface area (Å²) in [5, 5.41) is 0.632. The van der Waals surface area contributed by atoms with E-state index in [9.17, 15) is 9.00 Å². The quantitative estimate of drug-likeness (QED) is 0.619. The molecular weight excluding hydrogens is 462 g/mol. The minimum Gasteiger partial charge on any atom is -0.454 e. The molecular formula is C25H30ClNO5S. The number of ether oxygens (including phenoxy) is 2. The van der Waals surface area contributed by atoms with Crippen LogP contribution in [0.3, 0.4) is 0 Å². The Bertz CT molecular complexity index is 1140. The third-order valence-electron chi connectivity index (χ3n) is 6.51. The highest BCUT2D eigenvalue weighted by Crippen LogP contribution is 2.47. The van der Waals surface area contributed by atoms with Gasteiger partial charge in [0, 0.05) is 23.0 Å². The molecule has 2 aliphatic heterocycles. The molecule has 5 rings (SSSR count). The van der Waals surface area contributed by atoms with E-state index in [4.69, 9.17) is 25.6 Å². The third-order valence-corrected chi connectivity index (χ3v) is 7.85. The van der Waals surface area contributed by atoms with Gasteiger partial charge in [0.25, 0.3) is 0 Å². The zero-order valence-electron chi connectivity index (χ0n) is 19.0. The molecule has 6 nitrogen and oxygen atoms in total. The molecule has 0 saturated carbocycles. The maximum atomic E-state index is 13.1. The molecule has 1 saturated heterocycles. The Morgan fingerprint density at radius 3 is 2.67 bits per heavy atom. The number of ketones is 1. The topological polar surface area (TPSA) is 76.1 Å². The summed E-state index contributed by atoms with van der Waals surface area (Å²) in [6, 6.07) is 8.89. The number of likely N-dealkylation sites (tertiary alicyclic amines) is 1. The minimum absolute atomic E-state index is 0.0690. The molecule has 1 unspecified atom stereocenters. The van der Waals surface area contributed by atoms with Crippen LogP contribution in [0, 0.1) is 12.8 Å². The van der Waals surface area contributed by atoms with Crippen molar-refractivity contribution < 1.29 is 23.0 Å². The van der Waals surface area contributed by atoms with Gasteiger partial charge in [-0.15, -0.1) is 0 Å². The largest absolute Gasteiger partial charge is 0.454 e. The normalized spacial score (nSPS) is 23.1. The van der Waals surface area contributed by atoms with Gasteiger partial charge in [-0.3, -0.25) is 9.69 Å². The highest BCUT2D eigenvalue weighted by atomic mass is 35.5. The van der Waals surface area contributed by atoms with Crippen LogP contribution in [0.25, 0.3) is 0 Å². The van der Waals surface area contributed by atoms with Crippen molar-refractivity contribution in [1.82, 2.24) is 4.90 Å². The lowest BCUT2D eigenvalue weighted by Gasteiger charge is -2.43. The van der Waals surface area contributed by atoms with E-state index in [0.29, 0.717) is 27.0 Å². The smallest absolute Gasteiger partial charge is 0.231 e. The van der Waals surface area contributed by atoms with E-state index in [1.54, 1.807) is 30.3 Å². The Hall–Kier alpha value is -2.06. The number of fused-ring (bicyclic) bond motifs is 4. The third kappa shape index (κ3) is 4.92. The monoisotopic (exact) mass is 491 g/mol. The molecule has 2 aromatic rings. The maximum Gasteiger partial charge on any atom is 0.231 e. The molecule has 1 aliphatic carbocycles. The predicted molar refractivity (Wildman–Crippen MR) is 131 cm³/mol. The fourth-order valence-corrected chi connectivity index (χ4v) is 5.76. The van der Waals surface area contributed by atoms with Gasteiger partial charge in [0.2, 0.25) is 6.79 Å². The molecule has 1 N–H and O–H groups in total. The summed E-state index contributed by atoms with van der Waals surface area (Å²) >= 11 is 6.44. The van der Waals surface area contributed by atoms with Gasteiger partial charge in [-0.1, -0.05) is 36.2 Å². The number of Topliss-reactive ketones (excluding diaryl/α,β-unsaturated/α-hetero) is 1. The molecule has 1 fully saturated rings. The Kier molecular flexibility index (Phi) is 7.05. The van der Waals surface area contributed by atoms with E-state index in [1.807, 2.05) is 6.92 Å². The Morgan fingerprint density at radius 2 is 2.00 bits per heavy atom. The van der Waals surface area contributed by atoms with Gasteiger partial charge in [-0.05, 0) is 69.3 Å². The molecule has 178 valence electrons. The van der Waals surface area contributed by atoms with Gasteiger partial charge in [0.05, 0.1) is 10.5 Å². The molecule has 0 radical (unpaired) electrons. The summed E-state index contributed by atoms with van der Waals surface area (Å²) in [7, 11) is -3.02. The van der Waals surface area contributed by atoms with Gasteiger partial charge >= 0.3 is 0 Å². The summed E-state index contributed by atoms with van der Waals surface area (Å²) in [4.78, 5) is 15.9. The molecule has 3 atom stereocenters. The van der Waals surface area contributed by atoms with E-state index >= 15 is 0 Å². The van der Waals surface area contributed by atoms with Crippen molar-refractivity contribution >= 4 is 33.1 Å². The highest BCUT2D eigenvalue weighted by molar-refractivity contribution is 7.95. The second-order valence-electron chi connectivity index (χ2n) is 8.82. The number of hydrogen-bond acceptors (Lipinski definition) is 5. The highest BCUT2D eigenvalue weighted by Gasteiger charge is 2.44. The summed E-state index contributed by atoms with van der Waals surface area (Å²) < 4.78 is 30.9. The first kappa shape index (κ1) is 24.1. The number of hydrogen-bond donors (Lipinski definition) is 1. The number of rotatable bonds is 3. The number of piperidine rings is 1. The van der Waals surface area contributed by atoms with Gasteiger partial charge in [0.15, 0.2) is 17.3 Å². The number of halogens is 1. The number of benzene rings is 2. The molecule has 0 aromatic heterocycles. The number of carbonyl (C=O) groups is 1. The van der Waals surface area contributed by atoms with Crippen molar-refractivity contribution in [1.29, 1.82) is 0 Å². The van der Waals surface area contributed by atoms with Crippen molar-refractivity contribution in [2.45, 2.75) is 50.5 Å². The Morgan fingerprint density at radius 1 is 1.27 bits per heavy atom. The second kappa shape index (κ2) is 9.66. The van der Waals surface area contributed by atoms with E-state index in [1.165, 1.54) is 0 Å². The summed E-state index contributed by atoms with van der Waals surface area (Å²) in [5.41, 5.74) is 2.69. The van der Waals surface area contributed by atoms with Crippen molar-refractivity contribution in [3.63, 3.8) is 0 Å². The summed E-state index contributed by atoms with van der Waals surface area (Å²) in [6.45, 7) is 6.41. The van der Waals surface area contributed by atoms with Crippen LogP contribution >= 0.6 is 11.6 Å². The van der Waals surface area contributed by atoms with Crippen LogP contribution < -0.4 is 9.47 Å². The van der Waals surface area contributed by atoms with E-state index in [2.05, 4.69) is 17.7 Å².